The van der Waals surface area contributed by atoms with Crippen molar-refractivity contribution in [1.82, 2.24) is 0 Å². The van der Waals surface area contributed by atoms with Crippen LogP contribution in [-0.4, -0.2) is 27.5 Å². The van der Waals surface area contributed by atoms with Gasteiger partial charge in [-0.1, -0.05) is 29.8 Å². The molecule has 2 N–H and O–H groups in total. The summed E-state index contributed by atoms with van der Waals surface area (Å²) in [6.45, 7) is 3.61. The first-order chi connectivity index (χ1) is 14.8. The van der Waals surface area contributed by atoms with Crippen LogP contribution in [0.1, 0.15) is 12.5 Å². The summed E-state index contributed by atoms with van der Waals surface area (Å²) in [5.41, 5.74) is 1.89. The maximum Gasteiger partial charge on any atom is 0.265 e. The van der Waals surface area contributed by atoms with Crippen LogP contribution in [0.5, 0.6) is 11.5 Å². The highest BCUT2D eigenvalue weighted by atomic mass is 32.2. The third kappa shape index (κ3) is 5.76. The van der Waals surface area contributed by atoms with Gasteiger partial charge in [0.05, 0.1) is 17.7 Å². The van der Waals surface area contributed by atoms with Gasteiger partial charge in [0.15, 0.2) is 6.10 Å². The molecule has 0 saturated carbocycles. The van der Waals surface area contributed by atoms with Gasteiger partial charge in [-0.25, -0.2) is 8.42 Å². The number of anilines is 2. The summed E-state index contributed by atoms with van der Waals surface area (Å²) >= 11 is 0. The second-order valence-corrected chi connectivity index (χ2v) is 8.57. The number of carbonyl (C=O) groups excluding carboxylic acids is 1. The Morgan fingerprint density at radius 1 is 0.935 bits per heavy atom. The molecule has 0 radical (unpaired) electrons. The average molecular weight is 441 g/mol. The van der Waals surface area contributed by atoms with E-state index in [4.69, 9.17) is 9.47 Å². The Morgan fingerprint density at radius 3 is 2.23 bits per heavy atom. The molecule has 0 heterocycles. The van der Waals surface area contributed by atoms with Crippen LogP contribution in [0.15, 0.2) is 77.7 Å². The third-order valence-corrected chi connectivity index (χ3v) is 5.87. The van der Waals surface area contributed by atoms with Crippen molar-refractivity contribution in [1.29, 1.82) is 0 Å². The topological polar surface area (TPSA) is 93.7 Å². The Hall–Kier alpha value is -3.52. The van der Waals surface area contributed by atoms with Gasteiger partial charge in [0.25, 0.3) is 15.9 Å². The van der Waals surface area contributed by atoms with E-state index >= 15 is 0 Å². The number of amides is 1. The molecule has 7 nitrogen and oxygen atoms in total. The van der Waals surface area contributed by atoms with Crippen LogP contribution in [0.3, 0.4) is 0 Å². The lowest BCUT2D eigenvalue weighted by molar-refractivity contribution is -0.122. The molecule has 0 aromatic heterocycles. The van der Waals surface area contributed by atoms with Crippen molar-refractivity contribution in [2.75, 3.05) is 17.1 Å². The average Bonchev–Trinajstić information content (AvgIpc) is 2.76. The first kappa shape index (κ1) is 22.2. The van der Waals surface area contributed by atoms with Crippen LogP contribution < -0.4 is 19.5 Å². The number of hydrogen-bond acceptors (Lipinski definition) is 5. The zero-order chi connectivity index (χ0) is 22.4. The van der Waals surface area contributed by atoms with Gasteiger partial charge in [-0.3, -0.25) is 9.52 Å². The van der Waals surface area contributed by atoms with Crippen LogP contribution in [0, 0.1) is 6.92 Å². The summed E-state index contributed by atoms with van der Waals surface area (Å²) in [5.74, 6) is 0.665. The highest BCUT2D eigenvalue weighted by Crippen LogP contribution is 2.26. The number of hydrogen-bond donors (Lipinski definition) is 2. The van der Waals surface area contributed by atoms with Crippen LogP contribution in [-0.2, 0) is 14.8 Å². The van der Waals surface area contributed by atoms with E-state index in [1.807, 2.05) is 19.1 Å². The van der Waals surface area contributed by atoms with Crippen molar-refractivity contribution in [3.05, 3.63) is 78.4 Å². The fourth-order valence-corrected chi connectivity index (χ4v) is 3.84. The van der Waals surface area contributed by atoms with E-state index in [1.54, 1.807) is 43.3 Å². The van der Waals surface area contributed by atoms with Gasteiger partial charge in [-0.05, 0) is 62.4 Å². The maximum atomic E-state index is 12.7. The van der Waals surface area contributed by atoms with Gasteiger partial charge < -0.3 is 14.8 Å². The van der Waals surface area contributed by atoms with Crippen LogP contribution in [0.2, 0.25) is 0 Å². The third-order valence-electron chi connectivity index (χ3n) is 4.49. The largest absolute Gasteiger partial charge is 0.495 e. The molecule has 1 amide bonds. The second kappa shape index (κ2) is 9.53. The minimum absolute atomic E-state index is 0.0559. The fraction of sp³-hybridized carbons (Fsp3) is 0.174. The van der Waals surface area contributed by atoms with E-state index in [2.05, 4.69) is 10.0 Å². The molecular formula is C23H24N2O5S. The number of sulfonamides is 1. The number of aryl methyl sites for hydroxylation is 1. The molecule has 3 rings (SSSR count). The van der Waals surface area contributed by atoms with Gasteiger partial charge in [0.2, 0.25) is 0 Å². The number of benzene rings is 3. The van der Waals surface area contributed by atoms with Gasteiger partial charge in [0.1, 0.15) is 11.5 Å². The van der Waals surface area contributed by atoms with Crippen molar-refractivity contribution in [2.24, 2.45) is 0 Å². The van der Waals surface area contributed by atoms with Gasteiger partial charge in [0, 0.05) is 5.69 Å². The molecule has 0 unspecified atom stereocenters. The quantitative estimate of drug-likeness (QED) is 0.547. The Kier molecular flexibility index (Phi) is 6.81. The second-order valence-electron chi connectivity index (χ2n) is 6.89. The normalized spacial score (nSPS) is 12.0. The number of carbonyl (C=O) groups is 1. The highest BCUT2D eigenvalue weighted by molar-refractivity contribution is 7.92. The molecule has 0 bridgehead atoms. The van der Waals surface area contributed by atoms with E-state index in [1.165, 1.54) is 31.4 Å². The molecule has 0 spiro atoms. The molecule has 31 heavy (non-hydrogen) atoms. The van der Waals surface area contributed by atoms with Crippen LogP contribution >= 0.6 is 0 Å². The number of rotatable bonds is 8. The van der Waals surface area contributed by atoms with Gasteiger partial charge in [-0.2, -0.15) is 0 Å². The fourth-order valence-electron chi connectivity index (χ4n) is 2.77. The van der Waals surface area contributed by atoms with E-state index in [0.29, 0.717) is 22.9 Å². The van der Waals surface area contributed by atoms with Gasteiger partial charge >= 0.3 is 0 Å². The van der Waals surface area contributed by atoms with E-state index < -0.39 is 16.1 Å². The van der Waals surface area contributed by atoms with Crippen molar-refractivity contribution < 1.29 is 22.7 Å². The molecule has 3 aromatic carbocycles. The Bertz CT molecular complexity index is 1140. The number of methoxy groups -OCH3 is 1. The van der Waals surface area contributed by atoms with Crippen molar-refractivity contribution in [2.45, 2.75) is 24.8 Å². The lowest BCUT2D eigenvalue weighted by atomic mass is 10.2. The van der Waals surface area contributed by atoms with Crippen LogP contribution in [0.25, 0.3) is 0 Å². The number of nitrogens with one attached hydrogen (secondary N) is 2. The molecular weight excluding hydrogens is 416 g/mol. The lowest BCUT2D eigenvalue weighted by Crippen LogP contribution is -2.30. The number of para-hydroxylation sites is 2. The molecule has 0 aliphatic carbocycles. The predicted octanol–water partition coefficient (Wildman–Crippen LogP) is 4.21. The minimum atomic E-state index is -3.82. The maximum absolute atomic E-state index is 12.7. The Morgan fingerprint density at radius 2 is 1.58 bits per heavy atom. The van der Waals surface area contributed by atoms with Crippen LogP contribution in [0.4, 0.5) is 11.4 Å². The Balaban J connectivity index is 1.65. The Labute approximate surface area is 182 Å². The SMILES string of the molecule is COc1ccccc1NS(=O)(=O)c1ccc(NC(=O)[C@H](C)Oc2ccc(C)cc2)cc1. The molecule has 8 heteroatoms. The summed E-state index contributed by atoms with van der Waals surface area (Å²) in [7, 11) is -2.35. The summed E-state index contributed by atoms with van der Waals surface area (Å²) in [6.07, 6.45) is -0.724. The van der Waals surface area contributed by atoms with E-state index in [0.717, 1.165) is 5.56 Å². The summed E-state index contributed by atoms with van der Waals surface area (Å²) < 4.78 is 38.6. The smallest absolute Gasteiger partial charge is 0.265 e. The monoisotopic (exact) mass is 440 g/mol. The lowest BCUT2D eigenvalue weighted by Gasteiger charge is -2.15. The zero-order valence-corrected chi connectivity index (χ0v) is 18.3. The molecule has 1 atom stereocenters. The summed E-state index contributed by atoms with van der Waals surface area (Å²) in [6, 6.07) is 20.0. The standard InChI is InChI=1S/C23H24N2O5S/c1-16-8-12-19(13-9-16)30-17(2)23(26)24-18-10-14-20(15-11-18)31(27,28)25-21-6-4-5-7-22(21)29-3/h4-15,17,25H,1-3H3,(H,24,26)/t17-/m0/s1. The van der Waals surface area contributed by atoms with Crippen molar-refractivity contribution in [3.63, 3.8) is 0 Å². The molecule has 0 fully saturated rings. The summed E-state index contributed by atoms with van der Waals surface area (Å²) in [4.78, 5) is 12.5. The highest BCUT2D eigenvalue weighted by Gasteiger charge is 2.18. The van der Waals surface area contributed by atoms with E-state index in [-0.39, 0.29) is 10.8 Å². The predicted molar refractivity (Wildman–Crippen MR) is 120 cm³/mol. The minimum Gasteiger partial charge on any atom is -0.495 e. The summed E-state index contributed by atoms with van der Waals surface area (Å²) in [5, 5.41) is 2.72. The molecule has 0 aliphatic rings. The van der Waals surface area contributed by atoms with Gasteiger partial charge in [-0.15, -0.1) is 0 Å². The molecule has 0 saturated heterocycles. The van der Waals surface area contributed by atoms with Crippen molar-refractivity contribution in [3.8, 4) is 11.5 Å². The zero-order valence-electron chi connectivity index (χ0n) is 17.5. The van der Waals surface area contributed by atoms with Crippen molar-refractivity contribution >= 4 is 27.3 Å². The first-order valence-corrected chi connectivity index (χ1v) is 11.1. The molecule has 162 valence electrons. The number of ether oxygens (including phenoxy) is 2. The molecule has 3 aromatic rings. The first-order valence-electron chi connectivity index (χ1n) is 9.58. The molecule has 0 aliphatic heterocycles. The van der Waals surface area contributed by atoms with E-state index in [9.17, 15) is 13.2 Å².